The second-order valence-corrected chi connectivity index (χ2v) is 5.35. The van der Waals surface area contributed by atoms with Crippen molar-refractivity contribution in [3.8, 4) is 0 Å². The predicted octanol–water partition coefficient (Wildman–Crippen LogP) is 1.88. The molecular formula is C15H21NO4. The fourth-order valence-electron chi connectivity index (χ4n) is 1.74. The maximum absolute atomic E-state index is 12.0. The van der Waals surface area contributed by atoms with Gasteiger partial charge in [0, 0.05) is 24.6 Å². The van der Waals surface area contributed by atoms with Crippen molar-refractivity contribution in [1.29, 1.82) is 0 Å². The molecule has 0 bridgehead atoms. The average Bonchev–Trinajstić information content (AvgIpc) is 2.44. The minimum absolute atomic E-state index is 0.129. The topological polar surface area (TPSA) is 64.6 Å². The van der Waals surface area contributed by atoms with Gasteiger partial charge in [0.05, 0.1) is 19.3 Å². The SMILES string of the molecule is COCC(C)(C)CNC(=O)c1ccc(C(=O)OC)cc1. The van der Waals surface area contributed by atoms with Crippen LogP contribution >= 0.6 is 0 Å². The minimum atomic E-state index is -0.418. The number of hydrogen-bond acceptors (Lipinski definition) is 4. The van der Waals surface area contributed by atoms with Gasteiger partial charge in [-0.15, -0.1) is 0 Å². The molecule has 0 radical (unpaired) electrons. The Labute approximate surface area is 119 Å². The lowest BCUT2D eigenvalue weighted by Gasteiger charge is -2.23. The van der Waals surface area contributed by atoms with Crippen molar-refractivity contribution in [2.24, 2.45) is 5.41 Å². The van der Waals surface area contributed by atoms with Crippen LogP contribution < -0.4 is 5.32 Å². The van der Waals surface area contributed by atoms with E-state index in [-0.39, 0.29) is 11.3 Å². The first kappa shape index (κ1) is 16.2. The molecule has 0 fully saturated rings. The predicted molar refractivity (Wildman–Crippen MR) is 75.8 cm³/mol. The first-order valence-electron chi connectivity index (χ1n) is 6.35. The molecule has 1 aromatic carbocycles. The Balaban J connectivity index is 2.62. The first-order chi connectivity index (χ1) is 9.39. The van der Waals surface area contributed by atoms with Crippen molar-refractivity contribution < 1.29 is 19.1 Å². The Morgan fingerprint density at radius 1 is 1.10 bits per heavy atom. The summed E-state index contributed by atoms with van der Waals surface area (Å²) in [5.41, 5.74) is 0.797. The van der Waals surface area contributed by atoms with Crippen molar-refractivity contribution >= 4 is 11.9 Å². The molecule has 5 heteroatoms. The summed E-state index contributed by atoms with van der Waals surface area (Å²) < 4.78 is 9.70. The number of ether oxygens (including phenoxy) is 2. The van der Waals surface area contributed by atoms with Gasteiger partial charge in [-0.1, -0.05) is 13.8 Å². The zero-order valence-electron chi connectivity index (χ0n) is 12.4. The highest BCUT2D eigenvalue weighted by molar-refractivity contribution is 5.96. The summed E-state index contributed by atoms with van der Waals surface area (Å²) in [6.45, 7) is 5.10. The van der Waals surface area contributed by atoms with Crippen LogP contribution in [0.15, 0.2) is 24.3 Å². The highest BCUT2D eigenvalue weighted by atomic mass is 16.5. The second kappa shape index (κ2) is 7.05. The third kappa shape index (κ3) is 4.66. The number of rotatable bonds is 6. The molecule has 1 rings (SSSR count). The summed E-state index contributed by atoms with van der Waals surface area (Å²) in [6.07, 6.45) is 0. The largest absolute Gasteiger partial charge is 0.465 e. The van der Waals surface area contributed by atoms with Gasteiger partial charge >= 0.3 is 5.97 Å². The van der Waals surface area contributed by atoms with Crippen LogP contribution in [0.25, 0.3) is 0 Å². The molecule has 0 heterocycles. The maximum Gasteiger partial charge on any atom is 0.337 e. The van der Waals surface area contributed by atoms with E-state index in [2.05, 4.69) is 10.1 Å². The Bertz CT molecular complexity index is 465. The van der Waals surface area contributed by atoms with Crippen LogP contribution in [0, 0.1) is 5.41 Å². The van der Waals surface area contributed by atoms with Crippen molar-refractivity contribution in [2.75, 3.05) is 27.4 Å². The van der Waals surface area contributed by atoms with E-state index in [1.165, 1.54) is 7.11 Å². The number of hydrogen-bond donors (Lipinski definition) is 1. The molecule has 110 valence electrons. The van der Waals surface area contributed by atoms with Crippen molar-refractivity contribution in [2.45, 2.75) is 13.8 Å². The summed E-state index contributed by atoms with van der Waals surface area (Å²) in [5.74, 6) is -0.594. The summed E-state index contributed by atoms with van der Waals surface area (Å²) >= 11 is 0. The zero-order valence-corrected chi connectivity index (χ0v) is 12.4. The molecule has 0 aliphatic carbocycles. The molecule has 0 saturated carbocycles. The molecule has 0 aliphatic rings. The molecule has 0 saturated heterocycles. The quantitative estimate of drug-likeness (QED) is 0.807. The number of nitrogens with one attached hydrogen (secondary N) is 1. The highest BCUT2D eigenvalue weighted by Crippen LogP contribution is 2.14. The molecule has 5 nitrogen and oxygen atoms in total. The van der Waals surface area contributed by atoms with E-state index in [9.17, 15) is 9.59 Å². The van der Waals surface area contributed by atoms with Crippen molar-refractivity contribution in [3.63, 3.8) is 0 Å². The van der Waals surface area contributed by atoms with E-state index in [0.717, 1.165) is 0 Å². The van der Waals surface area contributed by atoms with Crippen molar-refractivity contribution in [3.05, 3.63) is 35.4 Å². The van der Waals surface area contributed by atoms with E-state index in [1.54, 1.807) is 31.4 Å². The average molecular weight is 279 g/mol. The van der Waals surface area contributed by atoms with E-state index >= 15 is 0 Å². The Morgan fingerprint density at radius 2 is 1.65 bits per heavy atom. The maximum atomic E-state index is 12.0. The van der Waals surface area contributed by atoms with E-state index in [4.69, 9.17) is 4.74 Å². The standard InChI is InChI=1S/C15H21NO4/c1-15(2,10-19-3)9-16-13(17)11-5-7-12(8-6-11)14(18)20-4/h5-8H,9-10H2,1-4H3,(H,16,17). The fourth-order valence-corrected chi connectivity index (χ4v) is 1.74. The smallest absolute Gasteiger partial charge is 0.337 e. The number of amides is 1. The highest BCUT2D eigenvalue weighted by Gasteiger charge is 2.19. The third-order valence-corrected chi connectivity index (χ3v) is 2.83. The van der Waals surface area contributed by atoms with Gasteiger partial charge in [-0.3, -0.25) is 4.79 Å². The van der Waals surface area contributed by atoms with Crippen LogP contribution in [-0.2, 0) is 9.47 Å². The van der Waals surface area contributed by atoms with Gasteiger partial charge in [0.1, 0.15) is 0 Å². The normalized spacial score (nSPS) is 11.0. The minimum Gasteiger partial charge on any atom is -0.465 e. The molecule has 0 spiro atoms. The van der Waals surface area contributed by atoms with Crippen LogP contribution in [0.4, 0.5) is 0 Å². The van der Waals surface area contributed by atoms with E-state index in [1.807, 2.05) is 13.8 Å². The van der Waals surface area contributed by atoms with Crippen LogP contribution in [0.3, 0.4) is 0 Å². The first-order valence-corrected chi connectivity index (χ1v) is 6.35. The number of carbonyl (C=O) groups is 2. The molecule has 1 aromatic rings. The molecule has 0 aliphatic heterocycles. The van der Waals surface area contributed by atoms with Gasteiger partial charge in [0.25, 0.3) is 5.91 Å². The lowest BCUT2D eigenvalue weighted by molar-refractivity contribution is 0.0600. The Kier molecular flexibility index (Phi) is 5.70. The molecule has 1 N–H and O–H groups in total. The van der Waals surface area contributed by atoms with Gasteiger partial charge in [0.15, 0.2) is 0 Å². The third-order valence-electron chi connectivity index (χ3n) is 2.83. The summed E-state index contributed by atoms with van der Waals surface area (Å²) in [6, 6.07) is 6.35. The number of esters is 1. The number of methoxy groups -OCH3 is 2. The van der Waals surface area contributed by atoms with Crippen LogP contribution in [0.5, 0.6) is 0 Å². The molecule has 20 heavy (non-hydrogen) atoms. The van der Waals surface area contributed by atoms with Crippen LogP contribution in [-0.4, -0.2) is 39.2 Å². The lowest BCUT2D eigenvalue weighted by atomic mass is 9.95. The van der Waals surface area contributed by atoms with Gasteiger partial charge in [-0.05, 0) is 24.3 Å². The zero-order chi connectivity index (χ0) is 15.2. The fraction of sp³-hybridized carbons (Fsp3) is 0.467. The molecule has 0 aromatic heterocycles. The summed E-state index contributed by atoms with van der Waals surface area (Å²) in [4.78, 5) is 23.3. The van der Waals surface area contributed by atoms with Gasteiger partial charge < -0.3 is 14.8 Å². The molecular weight excluding hydrogens is 258 g/mol. The Morgan fingerprint density at radius 3 is 2.15 bits per heavy atom. The molecule has 0 atom stereocenters. The molecule has 1 amide bonds. The monoisotopic (exact) mass is 279 g/mol. The molecule has 0 unspecified atom stereocenters. The lowest BCUT2D eigenvalue weighted by Crippen LogP contribution is -2.36. The van der Waals surface area contributed by atoms with Crippen LogP contribution in [0.1, 0.15) is 34.6 Å². The Hall–Kier alpha value is -1.88. The second-order valence-electron chi connectivity index (χ2n) is 5.35. The van der Waals surface area contributed by atoms with Crippen LogP contribution in [0.2, 0.25) is 0 Å². The van der Waals surface area contributed by atoms with Gasteiger partial charge in [-0.2, -0.15) is 0 Å². The number of benzene rings is 1. The summed E-state index contributed by atoms with van der Waals surface area (Å²) in [5, 5.41) is 2.85. The summed E-state index contributed by atoms with van der Waals surface area (Å²) in [7, 11) is 2.95. The van der Waals surface area contributed by atoms with Gasteiger partial charge in [-0.25, -0.2) is 4.79 Å². The van der Waals surface area contributed by atoms with E-state index in [0.29, 0.717) is 24.3 Å². The van der Waals surface area contributed by atoms with Gasteiger partial charge in [0.2, 0.25) is 0 Å². The van der Waals surface area contributed by atoms with E-state index < -0.39 is 5.97 Å². The van der Waals surface area contributed by atoms with Crippen molar-refractivity contribution in [1.82, 2.24) is 5.32 Å². The number of carbonyl (C=O) groups excluding carboxylic acids is 2.